The predicted molar refractivity (Wildman–Crippen MR) is 115 cm³/mol. The molecule has 1 aliphatic carbocycles. The zero-order chi connectivity index (χ0) is 19.4. The molecule has 0 bridgehead atoms. The molecule has 0 aliphatic heterocycles. The third-order valence-electron chi connectivity index (χ3n) is 5.44. The van der Waals surface area contributed by atoms with E-state index in [4.69, 9.17) is 27.9 Å². The van der Waals surface area contributed by atoms with Gasteiger partial charge in [-0.1, -0.05) is 65.7 Å². The minimum atomic E-state index is -0.692. The van der Waals surface area contributed by atoms with E-state index in [-0.39, 0.29) is 0 Å². The van der Waals surface area contributed by atoms with Gasteiger partial charge in [-0.3, -0.25) is 0 Å². The summed E-state index contributed by atoms with van der Waals surface area (Å²) in [5, 5.41) is 13.9. The average Bonchev–Trinajstić information content (AvgIpc) is 3.02. The van der Waals surface area contributed by atoms with Crippen molar-refractivity contribution in [3.8, 4) is 28.0 Å². The molecular formula is C24H16Cl2O2. The smallest absolute Gasteiger partial charge is 0.118 e. The Balaban J connectivity index is 1.93. The molecule has 0 saturated heterocycles. The summed E-state index contributed by atoms with van der Waals surface area (Å²) in [7, 11) is 1.65. The second-order valence-corrected chi connectivity index (χ2v) is 7.68. The van der Waals surface area contributed by atoms with Crippen LogP contribution < -0.4 is 4.74 Å². The molecular weight excluding hydrogens is 391 g/mol. The lowest BCUT2D eigenvalue weighted by atomic mass is 9.89. The molecule has 4 heteroatoms. The van der Waals surface area contributed by atoms with E-state index in [0.29, 0.717) is 10.0 Å². The lowest BCUT2D eigenvalue weighted by molar-refractivity contribution is 0.225. The topological polar surface area (TPSA) is 29.5 Å². The van der Waals surface area contributed by atoms with Crippen LogP contribution in [0, 0.1) is 0 Å². The van der Waals surface area contributed by atoms with Gasteiger partial charge in [0.05, 0.1) is 17.2 Å². The van der Waals surface area contributed by atoms with E-state index >= 15 is 0 Å². The first-order valence-corrected chi connectivity index (χ1v) is 9.72. The van der Waals surface area contributed by atoms with Crippen LogP contribution in [0.4, 0.5) is 0 Å². The molecule has 0 radical (unpaired) electrons. The van der Waals surface area contributed by atoms with Gasteiger partial charge >= 0.3 is 0 Å². The summed E-state index contributed by atoms with van der Waals surface area (Å²) in [5.74, 6) is 0.794. The molecule has 0 heterocycles. The van der Waals surface area contributed by atoms with E-state index in [1.54, 1.807) is 7.11 Å². The lowest BCUT2D eigenvalue weighted by Gasteiger charge is -2.16. The Morgan fingerprint density at radius 2 is 1.57 bits per heavy atom. The molecule has 138 valence electrons. The number of aliphatic hydroxyl groups is 1. The Labute approximate surface area is 172 Å². The molecule has 0 aromatic heterocycles. The van der Waals surface area contributed by atoms with Crippen molar-refractivity contribution in [2.24, 2.45) is 0 Å². The van der Waals surface area contributed by atoms with E-state index in [9.17, 15) is 5.11 Å². The average molecular weight is 407 g/mol. The Bertz CT molecular complexity index is 1230. The molecule has 1 atom stereocenters. The number of methoxy groups -OCH3 is 1. The van der Waals surface area contributed by atoms with Crippen LogP contribution in [0.15, 0.2) is 66.7 Å². The first-order valence-electron chi connectivity index (χ1n) is 8.96. The second-order valence-electron chi connectivity index (χ2n) is 6.89. The van der Waals surface area contributed by atoms with Crippen molar-refractivity contribution in [2.75, 3.05) is 7.11 Å². The van der Waals surface area contributed by atoms with Gasteiger partial charge in [-0.25, -0.2) is 0 Å². The van der Waals surface area contributed by atoms with Gasteiger partial charge in [-0.05, 0) is 63.0 Å². The van der Waals surface area contributed by atoms with Crippen LogP contribution in [0.25, 0.3) is 33.0 Å². The molecule has 0 amide bonds. The number of halogens is 2. The summed E-state index contributed by atoms with van der Waals surface area (Å²) in [6, 6.07) is 21.7. The van der Waals surface area contributed by atoms with E-state index in [1.807, 2.05) is 60.7 Å². The Hall–Kier alpha value is -2.52. The highest BCUT2D eigenvalue weighted by molar-refractivity contribution is 6.45. The van der Waals surface area contributed by atoms with Crippen LogP contribution in [-0.2, 0) is 0 Å². The van der Waals surface area contributed by atoms with Crippen LogP contribution in [-0.4, -0.2) is 12.2 Å². The Morgan fingerprint density at radius 3 is 2.32 bits per heavy atom. The highest BCUT2D eigenvalue weighted by atomic mass is 35.5. The van der Waals surface area contributed by atoms with Crippen LogP contribution in [0.5, 0.6) is 5.75 Å². The molecule has 1 N–H and O–H groups in total. The number of ether oxygens (including phenoxy) is 1. The molecule has 28 heavy (non-hydrogen) atoms. The van der Waals surface area contributed by atoms with Gasteiger partial charge in [0.2, 0.25) is 0 Å². The Morgan fingerprint density at radius 1 is 0.821 bits per heavy atom. The van der Waals surface area contributed by atoms with Crippen molar-refractivity contribution in [3.05, 3.63) is 87.9 Å². The maximum absolute atomic E-state index is 11.0. The van der Waals surface area contributed by atoms with Crippen molar-refractivity contribution in [2.45, 2.75) is 6.10 Å². The molecule has 4 aromatic carbocycles. The first-order chi connectivity index (χ1) is 13.6. The standard InChI is InChI=1S/C24H16Cl2O2/c1-28-14-8-6-13(7-9-14)21-16-10-11-20(25)23(26)18(16)12-19-22(21)15-4-2-3-5-17(15)24(19)27/h2-12,24,27H,1H3. The molecule has 1 unspecified atom stereocenters. The van der Waals surface area contributed by atoms with Crippen molar-refractivity contribution in [1.29, 1.82) is 0 Å². The van der Waals surface area contributed by atoms with E-state index in [2.05, 4.69) is 6.07 Å². The SMILES string of the molecule is COc1ccc(-c2c3c(cc4c(Cl)c(Cl)ccc24)C(O)c2ccccc2-3)cc1. The Kier molecular flexibility index (Phi) is 4.09. The second kappa shape index (κ2) is 6.52. The molecule has 4 aromatic rings. The number of fused-ring (bicyclic) bond motifs is 4. The molecule has 0 spiro atoms. The van der Waals surface area contributed by atoms with E-state index in [1.165, 1.54) is 0 Å². The van der Waals surface area contributed by atoms with Gasteiger partial charge in [0.15, 0.2) is 0 Å². The zero-order valence-electron chi connectivity index (χ0n) is 15.0. The highest BCUT2D eigenvalue weighted by Gasteiger charge is 2.31. The van der Waals surface area contributed by atoms with Gasteiger partial charge in [0, 0.05) is 5.39 Å². The van der Waals surface area contributed by atoms with Crippen molar-refractivity contribution >= 4 is 34.0 Å². The van der Waals surface area contributed by atoms with Gasteiger partial charge in [0.1, 0.15) is 11.9 Å². The third kappa shape index (κ3) is 2.46. The van der Waals surface area contributed by atoms with Gasteiger partial charge in [-0.2, -0.15) is 0 Å². The summed E-state index contributed by atoms with van der Waals surface area (Å²) < 4.78 is 5.31. The zero-order valence-corrected chi connectivity index (χ0v) is 16.6. The normalized spacial score (nSPS) is 14.8. The first kappa shape index (κ1) is 17.6. The molecule has 5 rings (SSSR count). The number of rotatable bonds is 2. The predicted octanol–water partition coefficient (Wildman–Crippen LogP) is 6.88. The number of hydrogen-bond donors (Lipinski definition) is 1. The minimum Gasteiger partial charge on any atom is -0.497 e. The van der Waals surface area contributed by atoms with Crippen molar-refractivity contribution in [3.63, 3.8) is 0 Å². The summed E-state index contributed by atoms with van der Waals surface area (Å²) in [6.07, 6.45) is -0.692. The maximum Gasteiger partial charge on any atom is 0.118 e. The van der Waals surface area contributed by atoms with Gasteiger partial charge in [0.25, 0.3) is 0 Å². The maximum atomic E-state index is 11.0. The lowest BCUT2D eigenvalue weighted by Crippen LogP contribution is -1.95. The number of hydrogen-bond acceptors (Lipinski definition) is 2. The molecule has 1 aliphatic rings. The summed E-state index contributed by atoms with van der Waals surface area (Å²) >= 11 is 12.9. The summed E-state index contributed by atoms with van der Waals surface area (Å²) in [5.41, 5.74) is 5.92. The quantitative estimate of drug-likeness (QED) is 0.392. The fourth-order valence-electron chi connectivity index (χ4n) is 4.13. The third-order valence-corrected chi connectivity index (χ3v) is 6.26. The summed E-state index contributed by atoms with van der Waals surface area (Å²) in [6.45, 7) is 0. The van der Waals surface area contributed by atoms with Crippen LogP contribution in [0.1, 0.15) is 17.2 Å². The number of aliphatic hydroxyl groups excluding tert-OH is 1. The highest BCUT2D eigenvalue weighted by Crippen LogP contribution is 2.52. The minimum absolute atomic E-state index is 0.500. The van der Waals surface area contributed by atoms with Crippen molar-refractivity contribution in [1.82, 2.24) is 0 Å². The summed E-state index contributed by atoms with van der Waals surface area (Å²) in [4.78, 5) is 0. The van der Waals surface area contributed by atoms with Gasteiger partial charge < -0.3 is 9.84 Å². The molecule has 0 saturated carbocycles. The largest absolute Gasteiger partial charge is 0.497 e. The number of benzene rings is 4. The van der Waals surface area contributed by atoms with Gasteiger partial charge in [-0.15, -0.1) is 0 Å². The van der Waals surface area contributed by atoms with Crippen LogP contribution >= 0.6 is 23.2 Å². The van der Waals surface area contributed by atoms with Crippen LogP contribution in [0.2, 0.25) is 10.0 Å². The fourth-order valence-corrected chi connectivity index (χ4v) is 4.51. The van der Waals surface area contributed by atoms with Crippen molar-refractivity contribution < 1.29 is 9.84 Å². The fraction of sp³-hybridized carbons (Fsp3) is 0.0833. The van der Waals surface area contributed by atoms with Crippen LogP contribution in [0.3, 0.4) is 0 Å². The van der Waals surface area contributed by atoms with E-state index < -0.39 is 6.10 Å². The van der Waals surface area contributed by atoms with E-state index in [0.717, 1.165) is 49.9 Å². The molecule has 2 nitrogen and oxygen atoms in total. The monoisotopic (exact) mass is 406 g/mol. The molecule has 0 fully saturated rings.